The quantitative estimate of drug-likeness (QED) is 0.804. The predicted octanol–water partition coefficient (Wildman–Crippen LogP) is 1.36. The number of hydrogen-bond acceptors (Lipinski definition) is 4. The molecule has 0 saturated carbocycles. The number of piperazine rings is 2. The van der Waals surface area contributed by atoms with Crippen molar-refractivity contribution >= 4 is 35.0 Å². The van der Waals surface area contributed by atoms with Crippen LogP contribution in [0, 0.1) is 0 Å². The third-order valence-corrected chi connectivity index (χ3v) is 5.00. The van der Waals surface area contributed by atoms with Crippen LogP contribution >= 0.6 is 23.2 Å². The first-order valence-corrected chi connectivity index (χ1v) is 8.56. The molecule has 1 aromatic carbocycles. The Morgan fingerprint density at radius 3 is 2.75 bits per heavy atom. The van der Waals surface area contributed by atoms with E-state index in [1.165, 1.54) is 0 Å². The van der Waals surface area contributed by atoms with Gasteiger partial charge in [0.15, 0.2) is 6.61 Å². The van der Waals surface area contributed by atoms with Crippen LogP contribution in [-0.4, -0.2) is 78.9 Å². The molecule has 0 unspecified atom stereocenters. The molecule has 1 aromatic rings. The fraction of sp³-hybridized carbons (Fsp3) is 0.500. The lowest BCUT2D eigenvalue weighted by molar-refractivity contribution is -0.148. The van der Waals surface area contributed by atoms with Crippen molar-refractivity contribution in [2.24, 2.45) is 0 Å². The Morgan fingerprint density at radius 1 is 1.25 bits per heavy atom. The van der Waals surface area contributed by atoms with Crippen LogP contribution in [-0.2, 0) is 9.59 Å². The predicted molar refractivity (Wildman–Crippen MR) is 91.5 cm³/mol. The number of carbonyl (C=O) groups is 2. The number of rotatable bonds is 3. The number of fused-ring (bicyclic) bond motifs is 1. The highest BCUT2D eigenvalue weighted by Gasteiger charge is 2.38. The number of nitrogens with zero attached hydrogens (tertiary/aromatic N) is 3. The molecule has 130 valence electrons. The summed E-state index contributed by atoms with van der Waals surface area (Å²) in [5.41, 5.74) is 0. The van der Waals surface area contributed by atoms with Crippen molar-refractivity contribution in [2.75, 3.05) is 46.4 Å². The van der Waals surface area contributed by atoms with E-state index in [1.807, 2.05) is 0 Å². The van der Waals surface area contributed by atoms with Crippen LogP contribution in [0.15, 0.2) is 18.2 Å². The zero-order valence-corrected chi connectivity index (χ0v) is 14.9. The van der Waals surface area contributed by atoms with Gasteiger partial charge >= 0.3 is 0 Å². The lowest BCUT2D eigenvalue weighted by atomic mass is 10.1. The summed E-state index contributed by atoms with van der Waals surface area (Å²) in [6.07, 6.45) is 0. The maximum absolute atomic E-state index is 12.4. The van der Waals surface area contributed by atoms with Gasteiger partial charge in [0.05, 0.1) is 5.02 Å². The van der Waals surface area contributed by atoms with Gasteiger partial charge in [0.1, 0.15) is 11.8 Å². The van der Waals surface area contributed by atoms with Gasteiger partial charge in [-0.3, -0.25) is 14.5 Å². The molecule has 2 aliphatic rings. The standard InChI is InChI=1S/C16H19Cl2N3O3/c1-19-4-5-20-6-7-21(9-13(20)16(19)23)15(22)10-24-14-3-2-11(17)8-12(14)18/h2-3,8,13H,4-7,9-10H2,1H3/t13-/m1/s1. The molecule has 0 bridgehead atoms. The van der Waals surface area contributed by atoms with Crippen molar-refractivity contribution in [1.82, 2.24) is 14.7 Å². The van der Waals surface area contributed by atoms with Gasteiger partial charge < -0.3 is 14.5 Å². The molecule has 24 heavy (non-hydrogen) atoms. The smallest absolute Gasteiger partial charge is 0.260 e. The van der Waals surface area contributed by atoms with Crippen molar-refractivity contribution < 1.29 is 14.3 Å². The van der Waals surface area contributed by atoms with E-state index in [2.05, 4.69) is 4.90 Å². The number of ether oxygens (including phenoxy) is 1. The normalized spacial score (nSPS) is 21.6. The Morgan fingerprint density at radius 2 is 2.00 bits per heavy atom. The number of likely N-dealkylation sites (N-methyl/N-ethyl adjacent to an activating group) is 1. The van der Waals surface area contributed by atoms with E-state index in [0.717, 1.165) is 13.1 Å². The third kappa shape index (κ3) is 3.61. The summed E-state index contributed by atoms with van der Waals surface area (Å²) in [6.45, 7) is 3.19. The highest BCUT2D eigenvalue weighted by Crippen LogP contribution is 2.27. The minimum Gasteiger partial charge on any atom is -0.482 e. The minimum absolute atomic E-state index is 0.0698. The second-order valence-electron chi connectivity index (χ2n) is 6.01. The van der Waals surface area contributed by atoms with Gasteiger partial charge in [-0.2, -0.15) is 0 Å². The number of carbonyl (C=O) groups excluding carboxylic acids is 2. The third-order valence-electron chi connectivity index (χ3n) is 4.47. The molecule has 2 aliphatic heterocycles. The minimum atomic E-state index is -0.249. The Balaban J connectivity index is 1.58. The average Bonchev–Trinajstić information content (AvgIpc) is 2.57. The lowest BCUT2D eigenvalue weighted by Crippen LogP contribution is -2.64. The molecule has 0 N–H and O–H groups in total. The zero-order chi connectivity index (χ0) is 17.3. The van der Waals surface area contributed by atoms with Crippen molar-refractivity contribution in [3.63, 3.8) is 0 Å². The van der Waals surface area contributed by atoms with Crippen LogP contribution in [0.2, 0.25) is 10.0 Å². The maximum atomic E-state index is 12.4. The Kier molecular flexibility index (Phi) is 5.18. The molecule has 0 radical (unpaired) electrons. The Labute approximate surface area is 150 Å². The van der Waals surface area contributed by atoms with Gasteiger partial charge in [-0.05, 0) is 18.2 Å². The second-order valence-corrected chi connectivity index (χ2v) is 6.86. The van der Waals surface area contributed by atoms with Gasteiger partial charge in [-0.15, -0.1) is 0 Å². The summed E-state index contributed by atoms with van der Waals surface area (Å²) >= 11 is 11.9. The van der Waals surface area contributed by atoms with E-state index < -0.39 is 0 Å². The molecule has 8 heteroatoms. The van der Waals surface area contributed by atoms with Crippen molar-refractivity contribution in [3.8, 4) is 5.75 Å². The molecule has 1 atom stereocenters. The highest BCUT2D eigenvalue weighted by molar-refractivity contribution is 6.35. The van der Waals surface area contributed by atoms with E-state index in [4.69, 9.17) is 27.9 Å². The van der Waals surface area contributed by atoms with Crippen molar-refractivity contribution in [3.05, 3.63) is 28.2 Å². The molecule has 2 saturated heterocycles. The number of halogens is 2. The fourth-order valence-electron chi connectivity index (χ4n) is 3.02. The summed E-state index contributed by atoms with van der Waals surface area (Å²) in [5, 5.41) is 0.874. The zero-order valence-electron chi connectivity index (χ0n) is 13.4. The van der Waals surface area contributed by atoms with Gasteiger partial charge in [0.2, 0.25) is 5.91 Å². The van der Waals surface area contributed by atoms with Gasteiger partial charge in [0.25, 0.3) is 5.91 Å². The summed E-state index contributed by atoms with van der Waals surface area (Å²) in [4.78, 5) is 30.2. The molecule has 0 spiro atoms. The van der Waals surface area contributed by atoms with Crippen molar-refractivity contribution in [1.29, 1.82) is 0 Å². The summed E-state index contributed by atoms with van der Waals surface area (Å²) in [5.74, 6) is 0.337. The maximum Gasteiger partial charge on any atom is 0.260 e. The van der Waals surface area contributed by atoms with Gasteiger partial charge in [0, 0.05) is 44.8 Å². The molecule has 3 rings (SSSR count). The molecular formula is C16H19Cl2N3O3. The van der Waals surface area contributed by atoms with E-state index in [1.54, 1.807) is 35.0 Å². The topological polar surface area (TPSA) is 53.1 Å². The molecule has 2 heterocycles. The second kappa shape index (κ2) is 7.17. The first-order chi connectivity index (χ1) is 11.5. The SMILES string of the molecule is CN1CCN2CCN(C(=O)COc3ccc(Cl)cc3Cl)C[C@@H]2C1=O. The van der Waals surface area contributed by atoms with Gasteiger partial charge in [-0.25, -0.2) is 0 Å². The van der Waals surface area contributed by atoms with Crippen LogP contribution in [0.5, 0.6) is 5.75 Å². The van der Waals surface area contributed by atoms with E-state index in [9.17, 15) is 9.59 Å². The van der Waals surface area contributed by atoms with E-state index in [0.29, 0.717) is 35.4 Å². The van der Waals surface area contributed by atoms with Crippen LogP contribution in [0.1, 0.15) is 0 Å². The van der Waals surface area contributed by atoms with Crippen LogP contribution in [0.3, 0.4) is 0 Å². The van der Waals surface area contributed by atoms with E-state index >= 15 is 0 Å². The Bertz CT molecular complexity index is 655. The molecule has 2 amide bonds. The van der Waals surface area contributed by atoms with Crippen LogP contribution < -0.4 is 4.74 Å². The lowest BCUT2D eigenvalue weighted by Gasteiger charge is -2.45. The summed E-state index contributed by atoms with van der Waals surface area (Å²) < 4.78 is 5.50. The number of amides is 2. The van der Waals surface area contributed by atoms with Gasteiger partial charge in [-0.1, -0.05) is 23.2 Å². The monoisotopic (exact) mass is 371 g/mol. The first kappa shape index (κ1) is 17.3. The van der Waals surface area contributed by atoms with Crippen LogP contribution in [0.4, 0.5) is 0 Å². The fourth-order valence-corrected chi connectivity index (χ4v) is 3.48. The summed E-state index contributed by atoms with van der Waals surface area (Å²) in [7, 11) is 1.80. The molecule has 0 aliphatic carbocycles. The number of benzene rings is 1. The molecular weight excluding hydrogens is 353 g/mol. The molecule has 6 nitrogen and oxygen atoms in total. The van der Waals surface area contributed by atoms with Crippen LogP contribution in [0.25, 0.3) is 0 Å². The Hall–Kier alpha value is -1.50. The largest absolute Gasteiger partial charge is 0.482 e. The van der Waals surface area contributed by atoms with E-state index in [-0.39, 0.29) is 24.5 Å². The molecule has 0 aromatic heterocycles. The number of hydrogen-bond donors (Lipinski definition) is 0. The first-order valence-electron chi connectivity index (χ1n) is 7.80. The highest BCUT2D eigenvalue weighted by atomic mass is 35.5. The average molecular weight is 372 g/mol. The summed E-state index contributed by atoms with van der Waals surface area (Å²) in [6, 6.07) is 4.61. The molecule has 2 fully saturated rings. The van der Waals surface area contributed by atoms with Crippen molar-refractivity contribution in [2.45, 2.75) is 6.04 Å².